The molecule has 3 heteroatoms. The van der Waals surface area contributed by atoms with Crippen LogP contribution in [0.25, 0.3) is 0 Å². The second-order valence-corrected chi connectivity index (χ2v) is 4.64. The van der Waals surface area contributed by atoms with Gasteiger partial charge in [-0.2, -0.15) is 0 Å². The van der Waals surface area contributed by atoms with Crippen LogP contribution in [-0.4, -0.2) is 24.2 Å². The van der Waals surface area contributed by atoms with Crippen LogP contribution in [0.15, 0.2) is 18.2 Å². The van der Waals surface area contributed by atoms with Crippen molar-refractivity contribution in [3.63, 3.8) is 0 Å². The van der Waals surface area contributed by atoms with Crippen LogP contribution in [-0.2, 0) is 0 Å². The first-order valence-corrected chi connectivity index (χ1v) is 5.67. The maximum absolute atomic E-state index is 10.9. The van der Waals surface area contributed by atoms with Crippen LogP contribution in [0.2, 0.25) is 0 Å². The van der Waals surface area contributed by atoms with Gasteiger partial charge in [0.05, 0.1) is 5.56 Å². The van der Waals surface area contributed by atoms with Crippen LogP contribution in [0, 0.1) is 12.8 Å². The van der Waals surface area contributed by atoms with Crippen LogP contribution in [0.3, 0.4) is 0 Å². The number of carboxylic acid groups (broad SMARTS) is 1. The number of carbonyl (C=O) groups is 1. The minimum Gasteiger partial charge on any atom is -0.478 e. The van der Waals surface area contributed by atoms with E-state index in [2.05, 4.69) is 11.8 Å². The van der Waals surface area contributed by atoms with Crippen LogP contribution in [0.4, 0.5) is 5.69 Å². The topological polar surface area (TPSA) is 40.5 Å². The van der Waals surface area contributed by atoms with Crippen LogP contribution >= 0.6 is 0 Å². The molecule has 0 aliphatic carbocycles. The van der Waals surface area contributed by atoms with Crippen molar-refractivity contribution in [2.24, 2.45) is 5.92 Å². The van der Waals surface area contributed by atoms with Gasteiger partial charge in [-0.15, -0.1) is 0 Å². The molecule has 1 fully saturated rings. The van der Waals surface area contributed by atoms with Crippen LogP contribution in [0.1, 0.15) is 29.3 Å². The molecule has 1 saturated heterocycles. The van der Waals surface area contributed by atoms with E-state index in [9.17, 15) is 4.79 Å². The molecule has 0 saturated carbocycles. The third kappa shape index (κ3) is 2.03. The van der Waals surface area contributed by atoms with E-state index in [1.165, 1.54) is 6.42 Å². The number of nitrogens with zero attached hydrogens (tertiary/aromatic N) is 1. The second-order valence-electron chi connectivity index (χ2n) is 4.64. The van der Waals surface area contributed by atoms with Crippen molar-refractivity contribution < 1.29 is 9.90 Å². The van der Waals surface area contributed by atoms with E-state index in [1.54, 1.807) is 6.07 Å². The molecule has 0 bridgehead atoms. The maximum Gasteiger partial charge on any atom is 0.335 e. The number of rotatable bonds is 2. The molecule has 1 heterocycles. The Labute approximate surface area is 95.7 Å². The zero-order valence-corrected chi connectivity index (χ0v) is 9.73. The van der Waals surface area contributed by atoms with E-state index in [0.717, 1.165) is 30.3 Å². The second kappa shape index (κ2) is 4.16. The smallest absolute Gasteiger partial charge is 0.335 e. The lowest BCUT2D eigenvalue weighted by Crippen LogP contribution is -2.19. The van der Waals surface area contributed by atoms with Crippen molar-refractivity contribution in [2.45, 2.75) is 20.3 Å². The van der Waals surface area contributed by atoms with Gasteiger partial charge in [0.1, 0.15) is 0 Å². The molecule has 0 aromatic heterocycles. The van der Waals surface area contributed by atoms with Gasteiger partial charge in [-0.1, -0.05) is 6.92 Å². The average Bonchev–Trinajstić information content (AvgIpc) is 2.64. The standard InChI is InChI=1S/C13H17NO2/c1-9-5-6-14(8-9)11-3-4-12(13(15)16)10(2)7-11/h3-4,7,9H,5-6,8H2,1-2H3,(H,15,16)/t9-/m0/s1. The van der Waals surface area contributed by atoms with Gasteiger partial charge in [-0.05, 0) is 43.0 Å². The lowest BCUT2D eigenvalue weighted by Gasteiger charge is -2.19. The summed E-state index contributed by atoms with van der Waals surface area (Å²) in [5.41, 5.74) is 2.38. The highest BCUT2D eigenvalue weighted by molar-refractivity contribution is 5.89. The van der Waals surface area contributed by atoms with Gasteiger partial charge in [-0.3, -0.25) is 0 Å². The molecule has 3 nitrogen and oxygen atoms in total. The Morgan fingerprint density at radius 1 is 1.50 bits per heavy atom. The van der Waals surface area contributed by atoms with E-state index in [4.69, 9.17) is 5.11 Å². The molecule has 1 aromatic rings. The molecule has 2 rings (SSSR count). The fourth-order valence-electron chi connectivity index (χ4n) is 2.25. The first-order valence-electron chi connectivity index (χ1n) is 5.67. The third-order valence-electron chi connectivity index (χ3n) is 3.23. The van der Waals surface area contributed by atoms with E-state index < -0.39 is 5.97 Å². The van der Waals surface area contributed by atoms with E-state index in [-0.39, 0.29) is 0 Å². The number of benzene rings is 1. The number of aryl methyl sites for hydroxylation is 1. The summed E-state index contributed by atoms with van der Waals surface area (Å²) in [5, 5.41) is 8.95. The Bertz CT molecular complexity index is 414. The van der Waals surface area contributed by atoms with Gasteiger partial charge >= 0.3 is 5.97 Å². The fourth-order valence-corrected chi connectivity index (χ4v) is 2.25. The summed E-state index contributed by atoms with van der Waals surface area (Å²) in [6.07, 6.45) is 1.22. The predicted molar refractivity (Wildman–Crippen MR) is 64.1 cm³/mol. The van der Waals surface area contributed by atoms with Crippen molar-refractivity contribution in [3.05, 3.63) is 29.3 Å². The summed E-state index contributed by atoms with van der Waals surface area (Å²) < 4.78 is 0. The number of carboxylic acids is 1. The SMILES string of the molecule is Cc1cc(N2CC[C@H](C)C2)ccc1C(=O)O. The first-order chi connectivity index (χ1) is 7.58. The Kier molecular flexibility index (Phi) is 2.86. The lowest BCUT2D eigenvalue weighted by molar-refractivity contribution is 0.0696. The largest absolute Gasteiger partial charge is 0.478 e. The number of hydrogen-bond acceptors (Lipinski definition) is 2. The molecule has 16 heavy (non-hydrogen) atoms. The lowest BCUT2D eigenvalue weighted by atomic mass is 10.1. The van der Waals surface area contributed by atoms with Gasteiger partial charge < -0.3 is 10.0 Å². The zero-order chi connectivity index (χ0) is 11.7. The number of hydrogen-bond donors (Lipinski definition) is 1. The highest BCUT2D eigenvalue weighted by Crippen LogP contribution is 2.25. The molecular weight excluding hydrogens is 202 g/mol. The molecule has 0 radical (unpaired) electrons. The van der Waals surface area contributed by atoms with Crippen molar-refractivity contribution in [2.75, 3.05) is 18.0 Å². The van der Waals surface area contributed by atoms with Crippen LogP contribution < -0.4 is 4.90 Å². The van der Waals surface area contributed by atoms with Crippen molar-refractivity contribution in [3.8, 4) is 0 Å². The van der Waals surface area contributed by atoms with Crippen LogP contribution in [0.5, 0.6) is 0 Å². The van der Waals surface area contributed by atoms with Gasteiger partial charge in [-0.25, -0.2) is 4.79 Å². The maximum atomic E-state index is 10.9. The van der Waals surface area contributed by atoms with Gasteiger partial charge in [0.15, 0.2) is 0 Å². The molecule has 1 aliphatic rings. The monoisotopic (exact) mass is 219 g/mol. The average molecular weight is 219 g/mol. The normalized spacial score (nSPS) is 20.1. The highest BCUT2D eigenvalue weighted by Gasteiger charge is 2.19. The van der Waals surface area contributed by atoms with E-state index in [0.29, 0.717) is 5.56 Å². The quantitative estimate of drug-likeness (QED) is 0.831. The molecule has 0 unspecified atom stereocenters. The van der Waals surface area contributed by atoms with Crippen molar-refractivity contribution in [1.82, 2.24) is 0 Å². The Hall–Kier alpha value is -1.51. The van der Waals surface area contributed by atoms with Gasteiger partial charge in [0.25, 0.3) is 0 Å². The Morgan fingerprint density at radius 3 is 2.75 bits per heavy atom. The summed E-state index contributed by atoms with van der Waals surface area (Å²) in [5.74, 6) is -0.113. The minimum atomic E-state index is -0.848. The zero-order valence-electron chi connectivity index (χ0n) is 9.73. The Balaban J connectivity index is 2.24. The van der Waals surface area contributed by atoms with Gasteiger partial charge in [0.2, 0.25) is 0 Å². The van der Waals surface area contributed by atoms with Crippen molar-refractivity contribution >= 4 is 11.7 Å². The van der Waals surface area contributed by atoms with Gasteiger partial charge in [0, 0.05) is 18.8 Å². The molecule has 0 amide bonds. The predicted octanol–water partition coefficient (Wildman–Crippen LogP) is 2.54. The number of aromatic carboxylic acids is 1. The summed E-state index contributed by atoms with van der Waals surface area (Å²) in [4.78, 5) is 13.2. The van der Waals surface area contributed by atoms with E-state index >= 15 is 0 Å². The van der Waals surface area contributed by atoms with E-state index in [1.807, 2.05) is 19.1 Å². The highest BCUT2D eigenvalue weighted by atomic mass is 16.4. The summed E-state index contributed by atoms with van der Waals surface area (Å²) >= 11 is 0. The summed E-state index contributed by atoms with van der Waals surface area (Å²) in [6.45, 7) is 6.25. The van der Waals surface area contributed by atoms with Crippen molar-refractivity contribution in [1.29, 1.82) is 0 Å². The molecular formula is C13H17NO2. The minimum absolute atomic E-state index is 0.399. The molecule has 86 valence electrons. The molecule has 0 spiro atoms. The molecule has 1 aliphatic heterocycles. The number of anilines is 1. The molecule has 1 N–H and O–H groups in total. The fraction of sp³-hybridized carbons (Fsp3) is 0.462. The first kappa shape index (κ1) is 11.0. The Morgan fingerprint density at radius 2 is 2.25 bits per heavy atom. The summed E-state index contributed by atoms with van der Waals surface area (Å²) in [6, 6.07) is 5.59. The third-order valence-corrected chi connectivity index (χ3v) is 3.23. The molecule has 1 aromatic carbocycles. The molecule has 1 atom stereocenters. The summed E-state index contributed by atoms with van der Waals surface area (Å²) in [7, 11) is 0.